The average molecular weight is 196 g/mol. The molecule has 2 heterocycles. The van der Waals surface area contributed by atoms with Gasteiger partial charge in [-0.05, 0) is 50.9 Å². The van der Waals surface area contributed by atoms with Gasteiger partial charge >= 0.3 is 0 Å². The lowest BCUT2D eigenvalue weighted by atomic mass is 9.72. The lowest BCUT2D eigenvalue weighted by Crippen LogP contribution is -2.60. The standard InChI is InChI=1S/C12H24N2/c1-3-7-14-10-12(11-14)5-8-13(4-2)9-6-12/h3-11H2,1-2H3. The smallest absolute Gasteiger partial charge is 0.00514 e. The minimum Gasteiger partial charge on any atom is -0.304 e. The third kappa shape index (κ3) is 1.96. The van der Waals surface area contributed by atoms with Crippen molar-refractivity contribution in [3.05, 3.63) is 0 Å². The van der Waals surface area contributed by atoms with Crippen molar-refractivity contribution in [2.75, 3.05) is 39.3 Å². The van der Waals surface area contributed by atoms with Crippen LogP contribution in [0.3, 0.4) is 0 Å². The molecule has 0 atom stereocenters. The van der Waals surface area contributed by atoms with Crippen molar-refractivity contribution in [3.63, 3.8) is 0 Å². The molecule has 2 heteroatoms. The molecule has 0 N–H and O–H groups in total. The first-order valence-electron chi connectivity index (χ1n) is 6.23. The highest BCUT2D eigenvalue weighted by molar-refractivity contribution is 4.97. The van der Waals surface area contributed by atoms with E-state index in [0.717, 1.165) is 5.41 Å². The molecule has 0 bridgehead atoms. The summed E-state index contributed by atoms with van der Waals surface area (Å²) in [7, 11) is 0. The second-order valence-corrected chi connectivity index (χ2v) is 5.14. The van der Waals surface area contributed by atoms with E-state index in [1.54, 1.807) is 0 Å². The summed E-state index contributed by atoms with van der Waals surface area (Å²) in [6, 6.07) is 0. The van der Waals surface area contributed by atoms with Crippen molar-refractivity contribution < 1.29 is 0 Å². The zero-order valence-electron chi connectivity index (χ0n) is 9.76. The quantitative estimate of drug-likeness (QED) is 0.679. The Kier molecular flexibility index (Phi) is 3.13. The second kappa shape index (κ2) is 4.19. The van der Waals surface area contributed by atoms with Crippen LogP contribution in [0.5, 0.6) is 0 Å². The Balaban J connectivity index is 1.74. The Morgan fingerprint density at radius 2 is 1.64 bits per heavy atom. The van der Waals surface area contributed by atoms with Crippen LogP contribution in [0.15, 0.2) is 0 Å². The fraction of sp³-hybridized carbons (Fsp3) is 1.00. The molecule has 2 aliphatic heterocycles. The van der Waals surface area contributed by atoms with E-state index in [0.29, 0.717) is 0 Å². The monoisotopic (exact) mass is 196 g/mol. The molecule has 2 rings (SSSR count). The van der Waals surface area contributed by atoms with Gasteiger partial charge in [0, 0.05) is 13.1 Å². The van der Waals surface area contributed by atoms with Crippen LogP contribution in [0.25, 0.3) is 0 Å². The van der Waals surface area contributed by atoms with Gasteiger partial charge in [0.05, 0.1) is 0 Å². The van der Waals surface area contributed by atoms with Crippen LogP contribution in [0.4, 0.5) is 0 Å². The highest BCUT2D eigenvalue weighted by atomic mass is 15.2. The predicted octanol–water partition coefficient (Wildman–Crippen LogP) is 1.81. The van der Waals surface area contributed by atoms with Gasteiger partial charge in [0.2, 0.25) is 0 Å². The maximum atomic E-state index is 2.63. The fourth-order valence-electron chi connectivity index (χ4n) is 3.04. The maximum absolute atomic E-state index is 2.63. The third-order valence-electron chi connectivity index (χ3n) is 4.02. The van der Waals surface area contributed by atoms with Gasteiger partial charge < -0.3 is 9.80 Å². The summed E-state index contributed by atoms with van der Waals surface area (Å²) in [5, 5.41) is 0. The topological polar surface area (TPSA) is 6.48 Å². The Labute approximate surface area is 88.3 Å². The molecular formula is C12H24N2. The molecule has 0 unspecified atom stereocenters. The lowest BCUT2D eigenvalue weighted by molar-refractivity contribution is -0.0451. The van der Waals surface area contributed by atoms with Gasteiger partial charge in [-0.15, -0.1) is 0 Å². The number of rotatable bonds is 3. The molecule has 0 amide bonds. The Morgan fingerprint density at radius 1 is 1.00 bits per heavy atom. The minimum absolute atomic E-state index is 0.737. The summed E-state index contributed by atoms with van der Waals surface area (Å²) in [6.07, 6.45) is 4.21. The van der Waals surface area contributed by atoms with E-state index in [1.807, 2.05) is 0 Å². The zero-order valence-corrected chi connectivity index (χ0v) is 9.76. The summed E-state index contributed by atoms with van der Waals surface area (Å²) in [6.45, 7) is 12.6. The summed E-state index contributed by atoms with van der Waals surface area (Å²) >= 11 is 0. The van der Waals surface area contributed by atoms with E-state index in [9.17, 15) is 0 Å². The van der Waals surface area contributed by atoms with Crippen LogP contribution in [0.2, 0.25) is 0 Å². The number of nitrogens with zero attached hydrogens (tertiary/aromatic N) is 2. The molecule has 0 aromatic carbocycles. The van der Waals surface area contributed by atoms with Gasteiger partial charge in [-0.3, -0.25) is 0 Å². The largest absolute Gasteiger partial charge is 0.304 e. The van der Waals surface area contributed by atoms with Gasteiger partial charge in [-0.1, -0.05) is 13.8 Å². The van der Waals surface area contributed by atoms with Crippen molar-refractivity contribution in [1.29, 1.82) is 0 Å². The Hall–Kier alpha value is -0.0800. The zero-order chi connectivity index (χ0) is 10.0. The fourth-order valence-corrected chi connectivity index (χ4v) is 3.04. The minimum atomic E-state index is 0.737. The summed E-state index contributed by atoms with van der Waals surface area (Å²) in [5.41, 5.74) is 0.737. The highest BCUT2D eigenvalue weighted by Crippen LogP contribution is 2.40. The van der Waals surface area contributed by atoms with E-state index in [2.05, 4.69) is 23.6 Å². The summed E-state index contributed by atoms with van der Waals surface area (Å²) < 4.78 is 0. The van der Waals surface area contributed by atoms with Crippen molar-refractivity contribution in [1.82, 2.24) is 9.80 Å². The van der Waals surface area contributed by atoms with Crippen LogP contribution < -0.4 is 0 Å². The summed E-state index contributed by atoms with van der Waals surface area (Å²) in [5.74, 6) is 0. The molecule has 0 saturated carbocycles. The molecule has 0 aromatic rings. The molecule has 2 fully saturated rings. The molecule has 0 aromatic heterocycles. The van der Waals surface area contributed by atoms with Crippen LogP contribution in [-0.4, -0.2) is 49.1 Å². The van der Waals surface area contributed by atoms with Crippen LogP contribution in [0, 0.1) is 5.41 Å². The van der Waals surface area contributed by atoms with Gasteiger partial charge in [-0.25, -0.2) is 0 Å². The first-order valence-corrected chi connectivity index (χ1v) is 6.23. The molecule has 2 saturated heterocycles. The van der Waals surface area contributed by atoms with Gasteiger partial charge in [0.15, 0.2) is 0 Å². The van der Waals surface area contributed by atoms with Crippen molar-refractivity contribution >= 4 is 0 Å². The molecule has 14 heavy (non-hydrogen) atoms. The summed E-state index contributed by atoms with van der Waals surface area (Å²) in [4.78, 5) is 5.22. The Bertz CT molecular complexity index is 167. The average Bonchev–Trinajstić information content (AvgIpc) is 2.17. The first kappa shape index (κ1) is 10.4. The highest BCUT2D eigenvalue weighted by Gasteiger charge is 2.43. The van der Waals surface area contributed by atoms with Crippen LogP contribution >= 0.6 is 0 Å². The predicted molar refractivity (Wildman–Crippen MR) is 60.5 cm³/mol. The molecule has 0 aliphatic carbocycles. The van der Waals surface area contributed by atoms with Crippen molar-refractivity contribution in [3.8, 4) is 0 Å². The molecule has 2 nitrogen and oxygen atoms in total. The van der Waals surface area contributed by atoms with E-state index < -0.39 is 0 Å². The van der Waals surface area contributed by atoms with E-state index in [-0.39, 0.29) is 0 Å². The molecule has 82 valence electrons. The number of hydrogen-bond acceptors (Lipinski definition) is 2. The number of hydrogen-bond donors (Lipinski definition) is 0. The van der Waals surface area contributed by atoms with Gasteiger partial charge in [0.1, 0.15) is 0 Å². The number of likely N-dealkylation sites (tertiary alicyclic amines) is 2. The molecular weight excluding hydrogens is 172 g/mol. The van der Waals surface area contributed by atoms with Crippen molar-refractivity contribution in [2.45, 2.75) is 33.1 Å². The van der Waals surface area contributed by atoms with E-state index >= 15 is 0 Å². The normalized spacial score (nSPS) is 27.9. The Morgan fingerprint density at radius 3 is 2.14 bits per heavy atom. The maximum Gasteiger partial charge on any atom is 0.00514 e. The van der Waals surface area contributed by atoms with Crippen molar-refractivity contribution in [2.24, 2.45) is 5.41 Å². The lowest BCUT2D eigenvalue weighted by Gasteiger charge is -2.54. The first-order chi connectivity index (χ1) is 6.78. The van der Waals surface area contributed by atoms with Gasteiger partial charge in [-0.2, -0.15) is 0 Å². The third-order valence-corrected chi connectivity index (χ3v) is 4.02. The second-order valence-electron chi connectivity index (χ2n) is 5.14. The molecule has 0 radical (unpaired) electrons. The number of piperidine rings is 1. The van der Waals surface area contributed by atoms with E-state index in [4.69, 9.17) is 0 Å². The molecule has 1 spiro atoms. The van der Waals surface area contributed by atoms with Gasteiger partial charge in [0.25, 0.3) is 0 Å². The van der Waals surface area contributed by atoms with Crippen LogP contribution in [0.1, 0.15) is 33.1 Å². The van der Waals surface area contributed by atoms with E-state index in [1.165, 1.54) is 58.5 Å². The SMILES string of the molecule is CCCN1CC2(CCN(CC)CC2)C1. The van der Waals surface area contributed by atoms with Crippen LogP contribution in [-0.2, 0) is 0 Å². The molecule has 2 aliphatic rings.